The molecule has 4 aromatic rings. The fraction of sp³-hybridized carbons (Fsp3) is 0.143. The van der Waals surface area contributed by atoms with Crippen LogP contribution in [-0.4, -0.2) is 45.0 Å². The third kappa shape index (κ3) is 5.06. The van der Waals surface area contributed by atoms with Crippen LogP contribution in [0.25, 0.3) is 22.0 Å². The molecule has 0 saturated carbocycles. The lowest BCUT2D eigenvalue weighted by Crippen LogP contribution is -2.24. The van der Waals surface area contributed by atoms with Gasteiger partial charge < -0.3 is 25.3 Å². The maximum atomic E-state index is 13.0. The van der Waals surface area contributed by atoms with Gasteiger partial charge in [-0.1, -0.05) is 60.7 Å². The predicted molar refractivity (Wildman–Crippen MR) is 136 cm³/mol. The van der Waals surface area contributed by atoms with Gasteiger partial charge in [-0.05, 0) is 29.7 Å². The number of ketones is 1. The summed E-state index contributed by atoms with van der Waals surface area (Å²) in [6.45, 7) is 1.19. The van der Waals surface area contributed by atoms with Crippen LogP contribution in [0.3, 0.4) is 0 Å². The van der Waals surface area contributed by atoms with E-state index in [1.54, 1.807) is 13.0 Å². The number of benzene rings is 3. The van der Waals surface area contributed by atoms with Gasteiger partial charge in [0.05, 0.1) is 22.9 Å². The van der Waals surface area contributed by atoms with Crippen LogP contribution in [0.2, 0.25) is 0 Å². The van der Waals surface area contributed by atoms with Crippen molar-refractivity contribution in [3.8, 4) is 16.9 Å². The van der Waals surface area contributed by atoms with Crippen LogP contribution in [0.15, 0.2) is 66.7 Å². The lowest BCUT2D eigenvalue weighted by molar-refractivity contribution is -0.139. The van der Waals surface area contributed by atoms with Gasteiger partial charge in [0.2, 0.25) is 0 Å². The molecule has 1 amide bonds. The van der Waals surface area contributed by atoms with Crippen molar-refractivity contribution in [1.29, 1.82) is 0 Å². The van der Waals surface area contributed by atoms with E-state index in [9.17, 15) is 29.4 Å². The summed E-state index contributed by atoms with van der Waals surface area (Å²) in [5.41, 5.74) is 9.25. The minimum absolute atomic E-state index is 0.0488. The lowest BCUT2D eigenvalue weighted by Gasteiger charge is -2.15. The van der Waals surface area contributed by atoms with Gasteiger partial charge in [0, 0.05) is 17.8 Å². The molecule has 0 fully saturated rings. The topological polar surface area (TPSA) is 149 Å². The summed E-state index contributed by atoms with van der Waals surface area (Å²) < 4.78 is 7.33. The van der Waals surface area contributed by atoms with Gasteiger partial charge in [-0.15, -0.1) is 0 Å². The van der Waals surface area contributed by atoms with E-state index in [0.29, 0.717) is 17.8 Å². The van der Waals surface area contributed by atoms with Crippen molar-refractivity contribution >= 4 is 34.5 Å². The molecule has 0 unspecified atom stereocenters. The Balaban J connectivity index is 1.98. The summed E-state index contributed by atoms with van der Waals surface area (Å²) in [4.78, 5) is 47.7. The smallest absolute Gasteiger partial charge is 0.341 e. The third-order valence-corrected chi connectivity index (χ3v) is 6.09. The van der Waals surface area contributed by atoms with E-state index in [2.05, 4.69) is 0 Å². The molecule has 0 aliphatic rings. The van der Waals surface area contributed by atoms with E-state index >= 15 is 0 Å². The van der Waals surface area contributed by atoms with E-state index in [1.807, 2.05) is 59.2 Å². The molecule has 1 aromatic heterocycles. The van der Waals surface area contributed by atoms with Crippen LogP contribution < -0.4 is 10.5 Å². The lowest BCUT2D eigenvalue weighted by atomic mass is 9.99. The zero-order chi connectivity index (χ0) is 26.7. The maximum Gasteiger partial charge on any atom is 0.341 e. The number of hydrogen-bond donors (Lipinski definition) is 3. The number of nitrogens with two attached hydrogens (primary N) is 1. The first-order chi connectivity index (χ1) is 17.7. The number of Topliss-reactive ketones (excluding diaryl/α,β-unsaturated/α-hetero) is 1. The number of aliphatic carboxylic acids is 2. The molecule has 188 valence electrons. The number of nitrogens with zero attached hydrogens (tertiary/aromatic N) is 1. The van der Waals surface area contributed by atoms with E-state index < -0.39 is 36.7 Å². The molecular formula is C28H24N2O7. The minimum atomic E-state index is -1.28. The second-order valence-electron chi connectivity index (χ2n) is 8.46. The maximum absolute atomic E-state index is 13.0. The van der Waals surface area contributed by atoms with E-state index in [0.717, 1.165) is 16.7 Å². The highest BCUT2D eigenvalue weighted by Crippen LogP contribution is 2.38. The SMILES string of the molecule is Cc1c(C(=O)C(N)=O)c2c(OCC(=O)O)c(CC(=O)O)ccc2n1Cc1ccccc1-c1ccccc1. The Hall–Kier alpha value is -4.92. The number of fused-ring (bicyclic) bond motifs is 1. The molecule has 0 aliphatic heterocycles. The van der Waals surface area contributed by atoms with Crippen molar-refractivity contribution < 1.29 is 34.1 Å². The Morgan fingerprint density at radius 2 is 1.54 bits per heavy atom. The van der Waals surface area contributed by atoms with Crippen molar-refractivity contribution in [3.63, 3.8) is 0 Å². The summed E-state index contributed by atoms with van der Waals surface area (Å²) in [7, 11) is 0. The summed E-state index contributed by atoms with van der Waals surface area (Å²) >= 11 is 0. The number of carboxylic acid groups (broad SMARTS) is 2. The molecule has 1 heterocycles. The molecule has 9 heteroatoms. The molecule has 0 radical (unpaired) electrons. The van der Waals surface area contributed by atoms with Crippen molar-refractivity contribution in [2.24, 2.45) is 5.73 Å². The predicted octanol–water partition coefficient (Wildman–Crippen LogP) is 3.42. The largest absolute Gasteiger partial charge is 0.481 e. The second-order valence-corrected chi connectivity index (χ2v) is 8.46. The Morgan fingerprint density at radius 1 is 0.865 bits per heavy atom. The average molecular weight is 501 g/mol. The van der Waals surface area contributed by atoms with Gasteiger partial charge in [0.25, 0.3) is 11.7 Å². The third-order valence-electron chi connectivity index (χ3n) is 6.09. The molecule has 3 aromatic carbocycles. The van der Waals surface area contributed by atoms with E-state index in [-0.39, 0.29) is 22.3 Å². The zero-order valence-electron chi connectivity index (χ0n) is 19.9. The summed E-state index contributed by atoms with van der Waals surface area (Å²) in [6.07, 6.45) is -0.476. The molecule has 0 atom stereocenters. The van der Waals surface area contributed by atoms with Crippen LogP contribution in [0.4, 0.5) is 0 Å². The fourth-order valence-corrected chi connectivity index (χ4v) is 4.51. The number of hydrogen-bond acceptors (Lipinski definition) is 5. The standard InChI is InChI=1S/C28H24N2O7/c1-16-24(26(35)28(29)36)25-21(12-11-18(13-22(31)32)27(25)37-15-23(33)34)30(16)14-19-9-5-6-10-20(19)17-7-3-2-4-8-17/h2-12H,13-15H2,1H3,(H2,29,36)(H,31,32)(H,33,34). The van der Waals surface area contributed by atoms with Gasteiger partial charge in [0.1, 0.15) is 5.75 Å². The van der Waals surface area contributed by atoms with Crippen LogP contribution in [0.1, 0.15) is 27.2 Å². The van der Waals surface area contributed by atoms with Gasteiger partial charge in [0.15, 0.2) is 6.61 Å². The highest BCUT2D eigenvalue weighted by Gasteiger charge is 2.28. The quantitative estimate of drug-likeness (QED) is 0.223. The van der Waals surface area contributed by atoms with Crippen molar-refractivity contribution in [1.82, 2.24) is 4.57 Å². The van der Waals surface area contributed by atoms with Crippen LogP contribution in [0.5, 0.6) is 5.75 Å². The first-order valence-electron chi connectivity index (χ1n) is 11.4. The van der Waals surface area contributed by atoms with Gasteiger partial charge in [-0.3, -0.25) is 14.4 Å². The summed E-state index contributed by atoms with van der Waals surface area (Å²) in [5, 5.41) is 18.7. The molecule has 0 bridgehead atoms. The zero-order valence-corrected chi connectivity index (χ0v) is 19.9. The first-order valence-corrected chi connectivity index (χ1v) is 11.4. The average Bonchev–Trinajstić information content (AvgIpc) is 3.14. The Kier molecular flexibility index (Phi) is 7.06. The number of ether oxygens (including phenoxy) is 1. The first kappa shape index (κ1) is 25.2. The number of primary amides is 1. The van der Waals surface area contributed by atoms with E-state index in [1.165, 1.54) is 6.07 Å². The number of carboxylic acids is 2. The fourth-order valence-electron chi connectivity index (χ4n) is 4.51. The molecule has 4 N–H and O–H groups in total. The van der Waals surface area contributed by atoms with Crippen molar-refractivity contribution in [3.05, 3.63) is 89.1 Å². The second kappa shape index (κ2) is 10.4. The molecule has 4 rings (SSSR count). The van der Waals surface area contributed by atoms with Crippen LogP contribution in [-0.2, 0) is 27.3 Å². The number of aromatic nitrogens is 1. The van der Waals surface area contributed by atoms with Crippen molar-refractivity contribution in [2.75, 3.05) is 6.61 Å². The molecule has 0 aliphatic carbocycles. The van der Waals surface area contributed by atoms with Gasteiger partial charge >= 0.3 is 11.9 Å². The highest BCUT2D eigenvalue weighted by molar-refractivity contribution is 6.45. The number of carbonyl (C=O) groups is 4. The van der Waals surface area contributed by atoms with Gasteiger partial charge in [-0.2, -0.15) is 0 Å². The van der Waals surface area contributed by atoms with E-state index in [4.69, 9.17) is 10.5 Å². The molecule has 0 spiro atoms. The van der Waals surface area contributed by atoms with Gasteiger partial charge in [-0.25, -0.2) is 4.79 Å². The summed E-state index contributed by atoms with van der Waals surface area (Å²) in [5.74, 6) is -4.71. The Bertz CT molecular complexity index is 1540. The minimum Gasteiger partial charge on any atom is -0.481 e. The van der Waals surface area contributed by atoms with Crippen LogP contribution in [0, 0.1) is 6.92 Å². The Labute approximate surface area is 211 Å². The van der Waals surface area contributed by atoms with Crippen molar-refractivity contribution in [2.45, 2.75) is 19.9 Å². The number of carbonyl (C=O) groups excluding carboxylic acids is 2. The molecular weight excluding hydrogens is 476 g/mol. The number of amides is 1. The van der Waals surface area contributed by atoms with Crippen LogP contribution >= 0.6 is 0 Å². The molecule has 0 saturated heterocycles. The highest BCUT2D eigenvalue weighted by atomic mass is 16.5. The molecule has 37 heavy (non-hydrogen) atoms. The summed E-state index contributed by atoms with van der Waals surface area (Å²) in [6, 6.07) is 20.7. The Morgan fingerprint density at radius 3 is 2.19 bits per heavy atom. The molecule has 9 nitrogen and oxygen atoms in total. The number of rotatable bonds is 10. The normalized spacial score (nSPS) is 10.8. The monoisotopic (exact) mass is 500 g/mol.